The smallest absolute Gasteiger partial charge is 0.344 e. The van der Waals surface area contributed by atoms with Crippen molar-refractivity contribution in [3.05, 3.63) is 91.9 Å². The topological polar surface area (TPSA) is 91.0 Å². The third-order valence-electron chi connectivity index (χ3n) is 5.45. The Hall–Kier alpha value is -2.74. The highest BCUT2D eigenvalue weighted by Gasteiger charge is 2.73. The molecule has 0 fully saturated rings. The number of fused-ring (bicyclic) bond motifs is 5. The van der Waals surface area contributed by atoms with E-state index in [-0.39, 0.29) is 22.4 Å². The molecule has 1 aliphatic heterocycles. The first-order valence-corrected chi connectivity index (χ1v) is 9.39. The Labute approximate surface area is 167 Å². The zero-order chi connectivity index (χ0) is 19.8. The number of benzene rings is 2. The molecular formula is C21H14BrNO5. The van der Waals surface area contributed by atoms with Gasteiger partial charge in [0.15, 0.2) is 0 Å². The predicted molar refractivity (Wildman–Crippen MR) is 105 cm³/mol. The van der Waals surface area contributed by atoms with E-state index in [0.29, 0.717) is 11.4 Å². The van der Waals surface area contributed by atoms with Crippen molar-refractivity contribution in [2.45, 2.75) is 18.2 Å². The molecule has 0 saturated heterocycles. The van der Waals surface area contributed by atoms with Crippen LogP contribution in [0.4, 0.5) is 11.4 Å². The Morgan fingerprint density at radius 2 is 1.71 bits per heavy atom. The highest BCUT2D eigenvalue weighted by Crippen LogP contribution is 2.61. The zero-order valence-electron chi connectivity index (χ0n) is 14.6. The number of nitrogens with zero attached hydrogens (tertiary/aromatic N) is 1. The van der Waals surface area contributed by atoms with Crippen LogP contribution in [0.1, 0.15) is 27.2 Å². The van der Waals surface area contributed by atoms with Crippen LogP contribution < -0.4 is 10.5 Å². The van der Waals surface area contributed by atoms with Gasteiger partial charge in [0.05, 0.1) is 5.69 Å². The minimum absolute atomic E-state index is 0.167. The second-order valence-electron chi connectivity index (χ2n) is 6.97. The Morgan fingerprint density at radius 3 is 2.43 bits per heavy atom. The Morgan fingerprint density at radius 1 is 1.04 bits per heavy atom. The van der Waals surface area contributed by atoms with Crippen LogP contribution in [0.25, 0.3) is 0 Å². The van der Waals surface area contributed by atoms with E-state index in [2.05, 4.69) is 15.9 Å². The Balaban J connectivity index is 1.93. The molecule has 0 radical (unpaired) electrons. The number of halogens is 1. The van der Waals surface area contributed by atoms with Crippen LogP contribution >= 0.6 is 15.9 Å². The third kappa shape index (κ3) is 1.83. The van der Waals surface area contributed by atoms with Gasteiger partial charge in [-0.15, -0.1) is 0 Å². The van der Waals surface area contributed by atoms with Gasteiger partial charge in [0.25, 0.3) is 0 Å². The van der Waals surface area contributed by atoms with E-state index < -0.39 is 22.7 Å². The standard InChI is InChI=1S/C21H14BrNO5/c1-11-10-16-17(19(25)28-11)20(26)18(24)14-4-2-3-5-15(14)21(20,27)23(16)13-8-6-12(22)7-9-13/h2-10,26-27H,1H3. The average molecular weight is 440 g/mol. The van der Waals surface area contributed by atoms with Gasteiger partial charge in [-0.05, 0) is 31.2 Å². The number of rotatable bonds is 1. The monoisotopic (exact) mass is 439 g/mol. The van der Waals surface area contributed by atoms with Crippen molar-refractivity contribution in [2.75, 3.05) is 4.90 Å². The molecule has 2 aromatic carbocycles. The van der Waals surface area contributed by atoms with Crippen LogP contribution in [0.3, 0.4) is 0 Å². The van der Waals surface area contributed by atoms with Gasteiger partial charge in [0.2, 0.25) is 17.1 Å². The normalized spacial score (nSPS) is 24.9. The minimum Gasteiger partial charge on any atom is -0.428 e. The summed E-state index contributed by atoms with van der Waals surface area (Å²) in [6.45, 7) is 1.60. The first-order chi connectivity index (χ1) is 13.3. The molecule has 5 rings (SSSR count). The number of hydrogen-bond acceptors (Lipinski definition) is 6. The summed E-state index contributed by atoms with van der Waals surface area (Å²) >= 11 is 3.38. The number of hydrogen-bond donors (Lipinski definition) is 2. The molecule has 0 saturated carbocycles. The van der Waals surface area contributed by atoms with Crippen LogP contribution in [0.2, 0.25) is 0 Å². The van der Waals surface area contributed by atoms with E-state index in [9.17, 15) is 19.8 Å². The number of anilines is 2. The number of carbonyl (C=O) groups excluding carboxylic acids is 1. The highest BCUT2D eigenvalue weighted by molar-refractivity contribution is 9.10. The lowest BCUT2D eigenvalue weighted by molar-refractivity contribution is -0.114. The van der Waals surface area contributed by atoms with E-state index in [4.69, 9.17) is 4.42 Å². The van der Waals surface area contributed by atoms with E-state index in [1.165, 1.54) is 11.0 Å². The summed E-state index contributed by atoms with van der Waals surface area (Å²) < 4.78 is 6.00. The molecule has 2 heterocycles. The number of carbonyl (C=O) groups is 1. The summed E-state index contributed by atoms with van der Waals surface area (Å²) in [5.41, 5.74) is -4.62. The fraction of sp³-hybridized carbons (Fsp3) is 0.143. The van der Waals surface area contributed by atoms with Gasteiger partial charge in [0, 0.05) is 27.4 Å². The first kappa shape index (κ1) is 17.4. The van der Waals surface area contributed by atoms with E-state index in [1.54, 1.807) is 55.5 Å². The molecular weight excluding hydrogens is 426 g/mol. The Kier molecular flexibility index (Phi) is 3.35. The molecule has 0 spiro atoms. The van der Waals surface area contributed by atoms with Crippen LogP contribution in [-0.2, 0) is 11.3 Å². The van der Waals surface area contributed by atoms with Gasteiger partial charge in [-0.1, -0.05) is 40.2 Å². The van der Waals surface area contributed by atoms with Crippen molar-refractivity contribution in [1.29, 1.82) is 0 Å². The summed E-state index contributed by atoms with van der Waals surface area (Å²) in [4.78, 5) is 27.4. The van der Waals surface area contributed by atoms with E-state index in [0.717, 1.165) is 4.47 Å². The third-order valence-corrected chi connectivity index (χ3v) is 5.97. The number of aryl methyl sites for hydroxylation is 1. The quantitative estimate of drug-likeness (QED) is 0.605. The molecule has 2 atom stereocenters. The molecule has 2 N–H and O–H groups in total. The lowest BCUT2D eigenvalue weighted by Gasteiger charge is -2.38. The Bertz CT molecular complexity index is 1220. The molecule has 1 aromatic heterocycles. The highest BCUT2D eigenvalue weighted by atomic mass is 79.9. The molecule has 6 nitrogen and oxygen atoms in total. The maximum absolute atomic E-state index is 13.2. The minimum atomic E-state index is -2.48. The van der Waals surface area contributed by atoms with Crippen molar-refractivity contribution >= 4 is 33.1 Å². The van der Waals surface area contributed by atoms with Gasteiger partial charge in [0.1, 0.15) is 11.3 Å². The maximum atomic E-state index is 13.2. The molecule has 2 unspecified atom stereocenters. The van der Waals surface area contributed by atoms with Gasteiger partial charge < -0.3 is 19.5 Å². The van der Waals surface area contributed by atoms with Gasteiger partial charge in [-0.25, -0.2) is 4.79 Å². The van der Waals surface area contributed by atoms with Crippen molar-refractivity contribution in [3.8, 4) is 0 Å². The van der Waals surface area contributed by atoms with Crippen LogP contribution in [-0.4, -0.2) is 16.0 Å². The molecule has 28 heavy (non-hydrogen) atoms. The summed E-state index contributed by atoms with van der Waals surface area (Å²) in [7, 11) is 0. The summed E-state index contributed by atoms with van der Waals surface area (Å²) in [6, 6.07) is 15.0. The number of ketones is 1. The number of Topliss-reactive ketones (excluding diaryl/α,β-unsaturated/α-hetero) is 1. The van der Waals surface area contributed by atoms with E-state index >= 15 is 0 Å². The van der Waals surface area contributed by atoms with Crippen molar-refractivity contribution in [3.63, 3.8) is 0 Å². The second-order valence-corrected chi connectivity index (χ2v) is 7.89. The summed E-state index contributed by atoms with van der Waals surface area (Å²) in [5.74, 6) is -0.429. The fourth-order valence-electron chi connectivity index (χ4n) is 4.30. The first-order valence-electron chi connectivity index (χ1n) is 8.60. The van der Waals surface area contributed by atoms with E-state index in [1.807, 2.05) is 0 Å². The van der Waals surface area contributed by atoms with Gasteiger partial charge in [-0.3, -0.25) is 4.79 Å². The molecule has 140 valence electrons. The van der Waals surface area contributed by atoms with Crippen LogP contribution in [0, 0.1) is 6.92 Å². The van der Waals surface area contributed by atoms with Crippen LogP contribution in [0.15, 0.2) is 68.3 Å². The molecule has 2 aliphatic rings. The summed E-state index contributed by atoms with van der Waals surface area (Å²) in [5, 5.41) is 23.5. The SMILES string of the molecule is Cc1cc2c(c(=O)o1)C1(O)C(=O)c3ccccc3C1(O)N2c1ccc(Br)cc1. The lowest BCUT2D eigenvalue weighted by atomic mass is 9.87. The largest absolute Gasteiger partial charge is 0.428 e. The second kappa shape index (κ2) is 5.41. The zero-order valence-corrected chi connectivity index (χ0v) is 16.2. The van der Waals surface area contributed by atoms with Gasteiger partial charge >= 0.3 is 5.63 Å². The van der Waals surface area contributed by atoms with Crippen molar-refractivity contribution < 1.29 is 19.4 Å². The fourth-order valence-corrected chi connectivity index (χ4v) is 4.56. The molecule has 0 amide bonds. The van der Waals surface area contributed by atoms with Crippen molar-refractivity contribution in [1.82, 2.24) is 0 Å². The molecule has 3 aromatic rings. The molecule has 1 aliphatic carbocycles. The molecule has 7 heteroatoms. The van der Waals surface area contributed by atoms with Crippen molar-refractivity contribution in [2.24, 2.45) is 0 Å². The van der Waals surface area contributed by atoms with Crippen LogP contribution in [0.5, 0.6) is 0 Å². The average Bonchev–Trinajstić information content (AvgIpc) is 2.97. The summed E-state index contributed by atoms with van der Waals surface area (Å²) in [6.07, 6.45) is 0. The lowest BCUT2D eigenvalue weighted by Crippen LogP contribution is -2.54. The van der Waals surface area contributed by atoms with Gasteiger partial charge in [-0.2, -0.15) is 0 Å². The number of aliphatic hydroxyl groups is 2. The predicted octanol–water partition coefficient (Wildman–Crippen LogP) is 3.09. The maximum Gasteiger partial charge on any atom is 0.344 e. The molecule has 0 bridgehead atoms.